The first-order chi connectivity index (χ1) is 14.7. The minimum absolute atomic E-state index is 0.681. The summed E-state index contributed by atoms with van der Waals surface area (Å²) in [6, 6.07) is 14.2. The van der Waals surface area contributed by atoms with Crippen LogP contribution in [-0.4, -0.2) is 32.4 Å². The molecule has 2 heterocycles. The van der Waals surface area contributed by atoms with Gasteiger partial charge in [-0.2, -0.15) is 0 Å². The Kier molecular flexibility index (Phi) is 4.55. The number of aryl methyl sites for hydroxylation is 1. The third kappa shape index (κ3) is 3.24. The fourth-order valence-electron chi connectivity index (χ4n) is 3.94. The molecule has 0 atom stereocenters. The van der Waals surface area contributed by atoms with E-state index in [-0.39, 0.29) is 0 Å². The first kappa shape index (κ1) is 18.2. The molecule has 0 amide bonds. The quantitative estimate of drug-likeness (QED) is 0.388. The zero-order valence-electron chi connectivity index (χ0n) is 16.5. The molecule has 2 N–H and O–H groups in total. The van der Waals surface area contributed by atoms with Crippen molar-refractivity contribution in [1.82, 2.24) is 14.4 Å². The fraction of sp³-hybridized carbons (Fsp3) is 0.174. The number of imidazole rings is 1. The third-order valence-electron chi connectivity index (χ3n) is 5.46. The predicted octanol–water partition coefficient (Wildman–Crippen LogP) is 4.20. The molecule has 0 saturated heterocycles. The van der Waals surface area contributed by atoms with Crippen LogP contribution in [-0.2, 0) is 12.8 Å². The van der Waals surface area contributed by atoms with Crippen LogP contribution in [0, 0.1) is 0 Å². The van der Waals surface area contributed by atoms with E-state index in [1.807, 2.05) is 34.9 Å². The number of oxime groups is 1. The number of fused-ring (bicyclic) bond motifs is 2. The summed E-state index contributed by atoms with van der Waals surface area (Å²) in [5, 5.41) is 16.1. The van der Waals surface area contributed by atoms with Gasteiger partial charge in [0.2, 0.25) is 0 Å². The smallest absolute Gasteiger partial charge is 0.157 e. The molecule has 0 radical (unpaired) electrons. The van der Waals surface area contributed by atoms with E-state index in [9.17, 15) is 0 Å². The van der Waals surface area contributed by atoms with E-state index in [0.717, 1.165) is 58.3 Å². The second-order valence-electron chi connectivity index (χ2n) is 7.28. The highest BCUT2D eigenvalue weighted by Crippen LogP contribution is 2.29. The van der Waals surface area contributed by atoms with Gasteiger partial charge in [-0.25, -0.2) is 4.98 Å². The number of rotatable bonds is 5. The van der Waals surface area contributed by atoms with E-state index in [0.29, 0.717) is 6.42 Å². The normalized spacial score (nSPS) is 14.2. The van der Waals surface area contributed by atoms with Crippen molar-refractivity contribution in [3.63, 3.8) is 0 Å². The van der Waals surface area contributed by atoms with E-state index in [1.165, 1.54) is 5.56 Å². The summed E-state index contributed by atoms with van der Waals surface area (Å²) in [6.07, 6.45) is 7.74. The number of benzene rings is 2. The monoisotopic (exact) mass is 399 g/mol. The Morgan fingerprint density at radius 2 is 2.03 bits per heavy atom. The Morgan fingerprint density at radius 3 is 2.83 bits per heavy atom. The lowest BCUT2D eigenvalue weighted by Gasteiger charge is -2.11. The number of ether oxygens (including phenoxy) is 1. The maximum atomic E-state index is 9.16. The number of hydrogen-bond donors (Lipinski definition) is 2. The number of anilines is 2. The molecule has 150 valence electrons. The second-order valence-corrected chi connectivity index (χ2v) is 7.28. The van der Waals surface area contributed by atoms with E-state index >= 15 is 0 Å². The van der Waals surface area contributed by atoms with Gasteiger partial charge in [0, 0.05) is 30.1 Å². The van der Waals surface area contributed by atoms with E-state index < -0.39 is 0 Å². The van der Waals surface area contributed by atoms with Gasteiger partial charge >= 0.3 is 0 Å². The Hall–Kier alpha value is -3.87. The molecule has 0 spiro atoms. The molecule has 1 aliphatic rings. The molecule has 0 aliphatic heterocycles. The van der Waals surface area contributed by atoms with Crippen LogP contribution in [0.5, 0.6) is 5.75 Å². The largest absolute Gasteiger partial charge is 0.497 e. The van der Waals surface area contributed by atoms with Crippen molar-refractivity contribution in [2.45, 2.75) is 19.3 Å². The van der Waals surface area contributed by atoms with Crippen molar-refractivity contribution in [2.75, 3.05) is 12.4 Å². The highest BCUT2D eigenvalue weighted by atomic mass is 16.5. The van der Waals surface area contributed by atoms with Crippen LogP contribution in [0.4, 0.5) is 11.5 Å². The maximum Gasteiger partial charge on any atom is 0.157 e. The van der Waals surface area contributed by atoms with Crippen molar-refractivity contribution in [1.29, 1.82) is 0 Å². The molecule has 1 aliphatic carbocycles. The van der Waals surface area contributed by atoms with Gasteiger partial charge in [-0.3, -0.25) is 9.38 Å². The molecule has 4 aromatic rings. The van der Waals surface area contributed by atoms with Crippen LogP contribution >= 0.6 is 0 Å². The van der Waals surface area contributed by atoms with Gasteiger partial charge in [0.15, 0.2) is 5.65 Å². The molecule has 0 bridgehead atoms. The molecule has 7 nitrogen and oxygen atoms in total. The first-order valence-electron chi connectivity index (χ1n) is 9.80. The van der Waals surface area contributed by atoms with Crippen molar-refractivity contribution in [3.05, 3.63) is 83.4 Å². The van der Waals surface area contributed by atoms with Crippen molar-refractivity contribution < 1.29 is 9.94 Å². The van der Waals surface area contributed by atoms with E-state index in [1.54, 1.807) is 19.5 Å². The van der Waals surface area contributed by atoms with Crippen LogP contribution in [0.3, 0.4) is 0 Å². The minimum Gasteiger partial charge on any atom is -0.497 e. The van der Waals surface area contributed by atoms with Crippen LogP contribution < -0.4 is 10.1 Å². The van der Waals surface area contributed by atoms with Crippen LogP contribution in [0.2, 0.25) is 0 Å². The number of methoxy groups -OCH3 is 1. The zero-order valence-corrected chi connectivity index (χ0v) is 16.5. The molecular formula is C23H21N5O2. The Bertz CT molecular complexity index is 1240. The van der Waals surface area contributed by atoms with Crippen molar-refractivity contribution in [3.8, 4) is 5.75 Å². The number of nitrogens with zero attached hydrogens (tertiary/aromatic N) is 4. The molecule has 2 aromatic carbocycles. The highest BCUT2D eigenvalue weighted by molar-refractivity contribution is 6.04. The molecular weight excluding hydrogens is 378 g/mol. The van der Waals surface area contributed by atoms with Gasteiger partial charge in [0.1, 0.15) is 11.6 Å². The van der Waals surface area contributed by atoms with Crippen molar-refractivity contribution in [2.24, 2.45) is 5.16 Å². The second kappa shape index (κ2) is 7.51. The summed E-state index contributed by atoms with van der Waals surface area (Å²) in [5.74, 6) is 1.75. The Morgan fingerprint density at radius 1 is 1.17 bits per heavy atom. The molecule has 2 aromatic heterocycles. The van der Waals surface area contributed by atoms with Gasteiger partial charge in [-0.05, 0) is 48.2 Å². The Balaban J connectivity index is 1.51. The SMILES string of the molecule is COc1ccc(Cc2nc3cnccn3c2Nc2ccc3c(c2)CC/C3=N/O)cc1. The summed E-state index contributed by atoms with van der Waals surface area (Å²) in [7, 11) is 1.66. The summed E-state index contributed by atoms with van der Waals surface area (Å²) >= 11 is 0. The van der Waals surface area contributed by atoms with Gasteiger partial charge in [-0.1, -0.05) is 23.4 Å². The number of hydrogen-bond acceptors (Lipinski definition) is 6. The molecule has 0 fully saturated rings. The molecule has 30 heavy (non-hydrogen) atoms. The lowest BCUT2D eigenvalue weighted by atomic mass is 10.1. The van der Waals surface area contributed by atoms with Crippen LogP contribution in [0.1, 0.15) is 28.8 Å². The summed E-state index contributed by atoms with van der Waals surface area (Å²) in [4.78, 5) is 9.00. The number of nitrogens with one attached hydrogen (secondary N) is 1. The van der Waals surface area contributed by atoms with Gasteiger partial charge in [0.05, 0.1) is 24.7 Å². The molecule has 0 unspecified atom stereocenters. The standard InChI is InChI=1S/C23H21N5O2/c1-30-18-6-2-15(3-7-18)12-21-23(28-11-10-24-14-22(28)26-21)25-17-5-8-19-16(13-17)4-9-20(19)27-29/h2-3,5-8,10-11,13-14,25,29H,4,9,12H2,1H3/b27-20-. The zero-order chi connectivity index (χ0) is 20.5. The third-order valence-corrected chi connectivity index (χ3v) is 5.46. The predicted molar refractivity (Wildman–Crippen MR) is 115 cm³/mol. The average molecular weight is 399 g/mol. The Labute approximate surface area is 173 Å². The maximum absolute atomic E-state index is 9.16. The van der Waals surface area contributed by atoms with Crippen LogP contribution in [0.15, 0.2) is 66.2 Å². The highest BCUT2D eigenvalue weighted by Gasteiger charge is 2.19. The minimum atomic E-state index is 0.681. The van der Waals surface area contributed by atoms with Crippen LogP contribution in [0.25, 0.3) is 5.65 Å². The van der Waals surface area contributed by atoms with Gasteiger partial charge in [-0.15, -0.1) is 0 Å². The summed E-state index contributed by atoms with van der Waals surface area (Å²) in [5.41, 5.74) is 6.79. The number of aromatic nitrogens is 3. The topological polar surface area (TPSA) is 84.0 Å². The lowest BCUT2D eigenvalue weighted by molar-refractivity contribution is 0.318. The van der Waals surface area contributed by atoms with Gasteiger partial charge in [0.25, 0.3) is 0 Å². The molecule has 0 saturated carbocycles. The van der Waals surface area contributed by atoms with E-state index in [2.05, 4.69) is 33.7 Å². The summed E-state index contributed by atoms with van der Waals surface area (Å²) in [6.45, 7) is 0. The molecule has 7 heteroatoms. The van der Waals surface area contributed by atoms with Crippen molar-refractivity contribution >= 4 is 22.9 Å². The van der Waals surface area contributed by atoms with E-state index in [4.69, 9.17) is 14.9 Å². The average Bonchev–Trinajstić information content (AvgIpc) is 3.35. The van der Waals surface area contributed by atoms with Gasteiger partial charge < -0.3 is 15.3 Å². The first-order valence-corrected chi connectivity index (χ1v) is 9.80. The summed E-state index contributed by atoms with van der Waals surface area (Å²) < 4.78 is 7.27. The molecule has 5 rings (SSSR count). The lowest BCUT2D eigenvalue weighted by Crippen LogP contribution is -2.01. The fourth-order valence-corrected chi connectivity index (χ4v) is 3.94.